The van der Waals surface area contributed by atoms with Gasteiger partial charge in [-0.3, -0.25) is 19.3 Å². The van der Waals surface area contributed by atoms with Crippen LogP contribution in [0, 0.1) is 17.8 Å². The third-order valence-electron chi connectivity index (χ3n) is 5.30. The number of amides is 3. The highest BCUT2D eigenvalue weighted by Crippen LogP contribution is 2.29. The molecule has 1 fully saturated rings. The lowest BCUT2D eigenvalue weighted by Gasteiger charge is -2.38. The van der Waals surface area contributed by atoms with Crippen LogP contribution in [-0.4, -0.2) is 46.7 Å². The van der Waals surface area contributed by atoms with Crippen molar-refractivity contribution in [3.05, 3.63) is 35.4 Å². The van der Waals surface area contributed by atoms with Crippen molar-refractivity contribution in [3.63, 3.8) is 0 Å². The number of rotatable bonds is 4. The molecule has 0 spiro atoms. The first-order chi connectivity index (χ1) is 12.3. The molecule has 5 nitrogen and oxygen atoms in total. The number of carbonyl (C=O) groups excluding carboxylic acids is 3. The van der Waals surface area contributed by atoms with Crippen LogP contribution in [0.5, 0.6) is 0 Å². The molecule has 0 aromatic heterocycles. The summed E-state index contributed by atoms with van der Waals surface area (Å²) in [6.45, 7) is 9.71. The van der Waals surface area contributed by atoms with Gasteiger partial charge in [-0.05, 0) is 42.7 Å². The highest BCUT2D eigenvalue weighted by atomic mass is 16.2. The Hall–Kier alpha value is -2.17. The molecule has 2 aliphatic rings. The summed E-state index contributed by atoms with van der Waals surface area (Å²) in [7, 11) is 0. The molecule has 0 saturated carbocycles. The molecule has 0 aliphatic carbocycles. The molecule has 1 aromatic carbocycles. The standard InChI is InChI=1S/C21H28N2O3/c1-13(2)9-18(21(26)22-11-14(3)10-15(4)12-22)23-19(24)16-7-5-6-8-17(16)20(23)25/h5-8,13-15,18H,9-12H2,1-4H3. The Morgan fingerprint density at radius 3 is 2.00 bits per heavy atom. The SMILES string of the molecule is CC(C)CC(C(=O)N1CC(C)CC(C)C1)N1C(=O)c2ccccc2C1=O. The van der Waals surface area contributed by atoms with Gasteiger partial charge in [0.25, 0.3) is 11.8 Å². The second-order valence-electron chi connectivity index (χ2n) is 8.36. The molecule has 1 aromatic rings. The molecular weight excluding hydrogens is 328 g/mol. The number of nitrogens with zero attached hydrogens (tertiary/aromatic N) is 2. The van der Waals surface area contributed by atoms with Crippen molar-refractivity contribution in [1.82, 2.24) is 9.80 Å². The largest absolute Gasteiger partial charge is 0.340 e. The van der Waals surface area contributed by atoms with Crippen LogP contribution in [0.15, 0.2) is 24.3 Å². The molecule has 26 heavy (non-hydrogen) atoms. The van der Waals surface area contributed by atoms with E-state index in [-0.39, 0.29) is 23.6 Å². The monoisotopic (exact) mass is 356 g/mol. The number of fused-ring (bicyclic) bond motifs is 1. The topological polar surface area (TPSA) is 57.7 Å². The van der Waals surface area contributed by atoms with E-state index in [4.69, 9.17) is 0 Å². The lowest BCUT2D eigenvalue weighted by molar-refractivity contribution is -0.138. The minimum atomic E-state index is -0.722. The summed E-state index contributed by atoms with van der Waals surface area (Å²) in [5.41, 5.74) is 0.805. The normalized spacial score (nSPS) is 24.2. The fraction of sp³-hybridized carbons (Fsp3) is 0.571. The Bertz CT molecular complexity index is 683. The van der Waals surface area contributed by atoms with Crippen LogP contribution in [0.1, 0.15) is 61.3 Å². The lowest BCUT2D eigenvalue weighted by Crippen LogP contribution is -2.54. The van der Waals surface area contributed by atoms with Gasteiger partial charge in [-0.1, -0.05) is 39.8 Å². The highest BCUT2D eigenvalue weighted by Gasteiger charge is 2.44. The van der Waals surface area contributed by atoms with Gasteiger partial charge in [0, 0.05) is 13.1 Å². The molecule has 0 radical (unpaired) electrons. The van der Waals surface area contributed by atoms with Crippen LogP contribution in [0.3, 0.4) is 0 Å². The van der Waals surface area contributed by atoms with Gasteiger partial charge in [0.05, 0.1) is 11.1 Å². The van der Waals surface area contributed by atoms with E-state index in [9.17, 15) is 14.4 Å². The summed E-state index contributed by atoms with van der Waals surface area (Å²) in [5.74, 6) is 0.291. The van der Waals surface area contributed by atoms with Gasteiger partial charge in [0.15, 0.2) is 0 Å². The van der Waals surface area contributed by atoms with Gasteiger partial charge < -0.3 is 4.90 Å². The van der Waals surface area contributed by atoms with Crippen LogP contribution in [0.4, 0.5) is 0 Å². The number of piperidine rings is 1. The molecule has 1 saturated heterocycles. The third kappa shape index (κ3) is 3.39. The average molecular weight is 356 g/mol. The first kappa shape index (κ1) is 18.6. The van der Waals surface area contributed by atoms with E-state index in [2.05, 4.69) is 13.8 Å². The van der Waals surface area contributed by atoms with Crippen molar-refractivity contribution in [2.24, 2.45) is 17.8 Å². The van der Waals surface area contributed by atoms with E-state index < -0.39 is 6.04 Å². The molecule has 3 atom stereocenters. The second-order valence-corrected chi connectivity index (χ2v) is 8.36. The predicted molar refractivity (Wildman–Crippen MR) is 99.7 cm³/mol. The maximum Gasteiger partial charge on any atom is 0.262 e. The van der Waals surface area contributed by atoms with Crippen molar-refractivity contribution in [3.8, 4) is 0 Å². The first-order valence-corrected chi connectivity index (χ1v) is 9.55. The van der Waals surface area contributed by atoms with Gasteiger partial charge >= 0.3 is 0 Å². The van der Waals surface area contributed by atoms with Crippen molar-refractivity contribution >= 4 is 17.7 Å². The van der Waals surface area contributed by atoms with Crippen LogP contribution in [0.2, 0.25) is 0 Å². The van der Waals surface area contributed by atoms with E-state index in [1.807, 2.05) is 18.7 Å². The van der Waals surface area contributed by atoms with Gasteiger partial charge in [-0.25, -0.2) is 0 Å². The van der Waals surface area contributed by atoms with Crippen molar-refractivity contribution in [2.45, 2.75) is 46.6 Å². The summed E-state index contributed by atoms with van der Waals surface area (Å²) in [4.78, 5) is 42.2. The second kappa shape index (κ2) is 7.22. The Morgan fingerprint density at radius 1 is 1.04 bits per heavy atom. The highest BCUT2D eigenvalue weighted by molar-refractivity contribution is 6.22. The minimum absolute atomic E-state index is 0.0911. The number of hydrogen-bond acceptors (Lipinski definition) is 3. The van der Waals surface area contributed by atoms with Crippen LogP contribution in [-0.2, 0) is 4.79 Å². The molecule has 5 heteroatoms. The first-order valence-electron chi connectivity index (χ1n) is 9.55. The fourth-order valence-electron chi connectivity index (χ4n) is 4.31. The van der Waals surface area contributed by atoms with Crippen LogP contribution in [0.25, 0.3) is 0 Å². The molecular formula is C21H28N2O3. The molecule has 3 unspecified atom stereocenters. The third-order valence-corrected chi connectivity index (χ3v) is 5.30. The van der Waals surface area contributed by atoms with Crippen LogP contribution >= 0.6 is 0 Å². The number of carbonyl (C=O) groups is 3. The van der Waals surface area contributed by atoms with Gasteiger partial charge in [0.1, 0.15) is 6.04 Å². The van der Waals surface area contributed by atoms with Gasteiger partial charge in [-0.2, -0.15) is 0 Å². The van der Waals surface area contributed by atoms with Crippen LogP contribution < -0.4 is 0 Å². The maximum atomic E-state index is 13.3. The Labute approximate surface area is 155 Å². The molecule has 0 bridgehead atoms. The van der Waals surface area contributed by atoms with E-state index in [1.54, 1.807) is 24.3 Å². The maximum absolute atomic E-state index is 13.3. The van der Waals surface area contributed by atoms with Gasteiger partial charge in [-0.15, -0.1) is 0 Å². The average Bonchev–Trinajstić information content (AvgIpc) is 2.83. The number of imide groups is 1. The van der Waals surface area contributed by atoms with E-state index in [0.717, 1.165) is 6.42 Å². The Morgan fingerprint density at radius 2 is 1.54 bits per heavy atom. The predicted octanol–water partition coefficient (Wildman–Crippen LogP) is 3.20. The fourth-order valence-corrected chi connectivity index (χ4v) is 4.31. The molecule has 0 N–H and O–H groups in total. The number of benzene rings is 1. The zero-order valence-corrected chi connectivity index (χ0v) is 16.1. The molecule has 2 aliphatic heterocycles. The zero-order valence-electron chi connectivity index (χ0n) is 16.1. The summed E-state index contributed by atoms with van der Waals surface area (Å²) >= 11 is 0. The summed E-state index contributed by atoms with van der Waals surface area (Å²) in [6, 6.07) is 6.11. The molecule has 3 amide bonds. The van der Waals surface area contributed by atoms with E-state index >= 15 is 0 Å². The minimum Gasteiger partial charge on any atom is -0.340 e. The quantitative estimate of drug-likeness (QED) is 0.779. The lowest BCUT2D eigenvalue weighted by atomic mass is 9.90. The van der Waals surface area contributed by atoms with E-state index in [0.29, 0.717) is 42.5 Å². The smallest absolute Gasteiger partial charge is 0.262 e. The number of likely N-dealkylation sites (tertiary alicyclic amines) is 1. The van der Waals surface area contributed by atoms with Gasteiger partial charge in [0.2, 0.25) is 5.91 Å². The molecule has 140 valence electrons. The van der Waals surface area contributed by atoms with Crippen molar-refractivity contribution in [1.29, 1.82) is 0 Å². The zero-order chi connectivity index (χ0) is 19.0. The molecule has 2 heterocycles. The Kier molecular flexibility index (Phi) is 5.17. The summed E-state index contributed by atoms with van der Waals surface area (Å²) in [6.07, 6.45) is 1.59. The van der Waals surface area contributed by atoms with Crippen molar-refractivity contribution < 1.29 is 14.4 Å². The van der Waals surface area contributed by atoms with Crippen molar-refractivity contribution in [2.75, 3.05) is 13.1 Å². The van der Waals surface area contributed by atoms with E-state index in [1.165, 1.54) is 4.90 Å². The number of hydrogen-bond donors (Lipinski definition) is 0. The Balaban J connectivity index is 1.91. The summed E-state index contributed by atoms with van der Waals surface area (Å²) in [5, 5.41) is 0. The molecule has 3 rings (SSSR count). The summed E-state index contributed by atoms with van der Waals surface area (Å²) < 4.78 is 0.